The molecule has 6 heteroatoms. The van der Waals surface area contributed by atoms with Crippen molar-refractivity contribution in [2.75, 3.05) is 0 Å². The Morgan fingerprint density at radius 3 is 2.35 bits per heavy atom. The summed E-state index contributed by atoms with van der Waals surface area (Å²) in [5, 5.41) is 10.00. The quantitative estimate of drug-likeness (QED) is 0.664. The maximum absolute atomic E-state index is 13.0. The summed E-state index contributed by atoms with van der Waals surface area (Å²) < 4.78 is 40.8. The molecule has 2 aromatic carbocycles. The summed E-state index contributed by atoms with van der Waals surface area (Å²) in [4.78, 5) is 0. The molecule has 0 spiro atoms. The SMILES string of the molecule is CCn1c(C#Cc2ccc([NH3+])cc2)c(C#N)c2ccc(C(F)(F)F)cc21. The van der Waals surface area contributed by atoms with Crippen molar-refractivity contribution in [2.45, 2.75) is 19.6 Å². The van der Waals surface area contributed by atoms with Gasteiger partial charge in [-0.25, -0.2) is 0 Å². The predicted molar refractivity (Wildman–Crippen MR) is 92.3 cm³/mol. The van der Waals surface area contributed by atoms with Crippen molar-refractivity contribution in [1.29, 1.82) is 5.26 Å². The van der Waals surface area contributed by atoms with Gasteiger partial charge in [0, 0.05) is 29.6 Å². The minimum absolute atomic E-state index is 0.289. The molecule has 3 N–H and O–H groups in total. The summed E-state index contributed by atoms with van der Waals surface area (Å²) in [6.45, 7) is 2.21. The van der Waals surface area contributed by atoms with E-state index in [4.69, 9.17) is 0 Å². The maximum atomic E-state index is 13.0. The molecule has 0 amide bonds. The van der Waals surface area contributed by atoms with Crippen LogP contribution >= 0.6 is 0 Å². The van der Waals surface area contributed by atoms with Crippen molar-refractivity contribution in [3.05, 3.63) is 64.8 Å². The van der Waals surface area contributed by atoms with Crippen LogP contribution < -0.4 is 5.73 Å². The number of alkyl halides is 3. The van der Waals surface area contributed by atoms with Gasteiger partial charge in [0.05, 0.1) is 16.6 Å². The molecule has 0 atom stereocenters. The van der Waals surface area contributed by atoms with Gasteiger partial charge >= 0.3 is 6.18 Å². The van der Waals surface area contributed by atoms with Gasteiger partial charge in [-0.2, -0.15) is 18.4 Å². The number of benzene rings is 2. The van der Waals surface area contributed by atoms with Crippen LogP contribution in [-0.4, -0.2) is 4.57 Å². The first-order valence-corrected chi connectivity index (χ1v) is 7.92. The lowest BCUT2D eigenvalue weighted by atomic mass is 10.1. The highest BCUT2D eigenvalue weighted by Gasteiger charge is 2.31. The van der Waals surface area contributed by atoms with Crippen molar-refractivity contribution in [1.82, 2.24) is 4.57 Å². The molecule has 0 saturated heterocycles. The molecular weight excluding hydrogens is 339 g/mol. The Bertz CT molecular complexity index is 1070. The Morgan fingerprint density at radius 2 is 1.77 bits per heavy atom. The van der Waals surface area contributed by atoms with Crippen molar-refractivity contribution in [3.63, 3.8) is 0 Å². The molecule has 130 valence electrons. The second kappa shape index (κ2) is 6.59. The molecule has 3 aromatic rings. The molecular formula is C20H15F3N3+. The minimum Gasteiger partial charge on any atom is -0.333 e. The summed E-state index contributed by atoms with van der Waals surface area (Å²) in [6.07, 6.45) is -4.44. The number of nitrogens with zero attached hydrogens (tertiary/aromatic N) is 2. The van der Waals surface area contributed by atoms with E-state index in [1.54, 1.807) is 4.57 Å². The average Bonchev–Trinajstić information content (AvgIpc) is 2.92. The molecule has 0 unspecified atom stereocenters. The van der Waals surface area contributed by atoms with Crippen LogP contribution in [0.4, 0.5) is 18.9 Å². The van der Waals surface area contributed by atoms with Gasteiger partial charge in [-0.05, 0) is 37.1 Å². The molecule has 0 aliphatic rings. The summed E-state index contributed by atoms with van der Waals surface area (Å²) in [5.74, 6) is 5.93. The molecule has 0 saturated carbocycles. The van der Waals surface area contributed by atoms with Crippen LogP contribution in [0, 0.1) is 23.2 Å². The van der Waals surface area contributed by atoms with E-state index in [2.05, 4.69) is 23.6 Å². The van der Waals surface area contributed by atoms with Gasteiger partial charge < -0.3 is 10.3 Å². The molecule has 26 heavy (non-hydrogen) atoms. The third-order valence-corrected chi connectivity index (χ3v) is 4.10. The zero-order valence-corrected chi connectivity index (χ0v) is 14.0. The number of aromatic nitrogens is 1. The number of halogens is 3. The van der Waals surface area contributed by atoms with E-state index in [0.29, 0.717) is 23.1 Å². The fourth-order valence-electron chi connectivity index (χ4n) is 2.82. The zero-order chi connectivity index (χ0) is 18.9. The molecule has 3 rings (SSSR count). The largest absolute Gasteiger partial charge is 0.416 e. The van der Waals surface area contributed by atoms with Crippen LogP contribution in [0.2, 0.25) is 0 Å². The predicted octanol–water partition coefficient (Wildman–Crippen LogP) is 3.82. The third-order valence-electron chi connectivity index (χ3n) is 4.10. The van der Waals surface area contributed by atoms with Crippen LogP contribution in [0.25, 0.3) is 10.9 Å². The number of hydrogen-bond donors (Lipinski definition) is 1. The highest BCUT2D eigenvalue weighted by molar-refractivity contribution is 5.90. The van der Waals surface area contributed by atoms with Gasteiger partial charge in [0.15, 0.2) is 0 Å². The first kappa shape index (κ1) is 17.6. The Balaban J connectivity index is 2.22. The molecule has 0 bridgehead atoms. The van der Waals surface area contributed by atoms with E-state index in [1.807, 2.05) is 31.2 Å². The van der Waals surface area contributed by atoms with Crippen LogP contribution in [0.5, 0.6) is 0 Å². The molecule has 3 nitrogen and oxygen atoms in total. The van der Waals surface area contributed by atoms with Gasteiger partial charge in [-0.3, -0.25) is 0 Å². The molecule has 0 aliphatic heterocycles. The summed E-state index contributed by atoms with van der Waals surface area (Å²) >= 11 is 0. The summed E-state index contributed by atoms with van der Waals surface area (Å²) in [5.41, 5.74) is 5.72. The summed E-state index contributed by atoms with van der Waals surface area (Å²) in [6, 6.07) is 12.7. The second-order valence-electron chi connectivity index (χ2n) is 5.76. The molecule has 0 radical (unpaired) electrons. The number of quaternary nitrogens is 1. The normalized spacial score (nSPS) is 11.1. The number of aryl methyl sites for hydroxylation is 1. The summed E-state index contributed by atoms with van der Waals surface area (Å²) in [7, 11) is 0. The van der Waals surface area contributed by atoms with Gasteiger partial charge in [0.25, 0.3) is 0 Å². The number of rotatable bonds is 1. The molecule has 0 fully saturated rings. The first-order valence-electron chi connectivity index (χ1n) is 7.92. The highest BCUT2D eigenvalue weighted by Crippen LogP contribution is 2.34. The van der Waals surface area contributed by atoms with E-state index in [0.717, 1.165) is 23.4 Å². The van der Waals surface area contributed by atoms with Gasteiger partial charge in [0.2, 0.25) is 0 Å². The number of hydrogen-bond acceptors (Lipinski definition) is 1. The van der Waals surface area contributed by atoms with Gasteiger partial charge in [-0.15, -0.1) is 0 Å². The topological polar surface area (TPSA) is 56.4 Å². The number of fused-ring (bicyclic) bond motifs is 1. The standard InChI is InChI=1S/C20H14F3N3/c1-2-26-18(10-5-13-3-7-15(25)8-4-13)17(12-24)16-9-6-14(11-19(16)26)20(21,22)23/h3-4,6-9,11H,2,25H2,1H3/p+1. The fraction of sp³-hybridized carbons (Fsp3) is 0.150. The van der Waals surface area contributed by atoms with E-state index in [9.17, 15) is 18.4 Å². The number of nitriles is 1. The Labute approximate surface area is 148 Å². The van der Waals surface area contributed by atoms with E-state index >= 15 is 0 Å². The lowest BCUT2D eigenvalue weighted by molar-refractivity contribution is -0.254. The van der Waals surface area contributed by atoms with Gasteiger partial charge in [-0.1, -0.05) is 12.0 Å². The lowest BCUT2D eigenvalue weighted by Crippen LogP contribution is -2.39. The molecule has 1 aromatic heterocycles. The van der Waals surface area contributed by atoms with Crippen LogP contribution in [0.1, 0.15) is 29.3 Å². The van der Waals surface area contributed by atoms with Crippen molar-refractivity contribution >= 4 is 16.6 Å². The van der Waals surface area contributed by atoms with E-state index in [1.165, 1.54) is 6.07 Å². The van der Waals surface area contributed by atoms with E-state index in [-0.39, 0.29) is 5.56 Å². The monoisotopic (exact) mass is 354 g/mol. The Kier molecular flexibility index (Phi) is 4.46. The second-order valence-corrected chi connectivity index (χ2v) is 5.76. The smallest absolute Gasteiger partial charge is 0.333 e. The maximum Gasteiger partial charge on any atom is 0.416 e. The lowest BCUT2D eigenvalue weighted by Gasteiger charge is -2.08. The van der Waals surface area contributed by atoms with Crippen molar-refractivity contribution < 1.29 is 18.9 Å². The fourth-order valence-corrected chi connectivity index (χ4v) is 2.82. The third kappa shape index (κ3) is 3.15. The Morgan fingerprint density at radius 1 is 1.08 bits per heavy atom. The van der Waals surface area contributed by atoms with Crippen molar-refractivity contribution in [3.8, 4) is 17.9 Å². The minimum atomic E-state index is -4.44. The highest BCUT2D eigenvalue weighted by atomic mass is 19.4. The zero-order valence-electron chi connectivity index (χ0n) is 14.0. The van der Waals surface area contributed by atoms with Crippen LogP contribution in [0.3, 0.4) is 0 Å². The van der Waals surface area contributed by atoms with E-state index < -0.39 is 11.7 Å². The first-order chi connectivity index (χ1) is 12.3. The van der Waals surface area contributed by atoms with Crippen LogP contribution in [0.15, 0.2) is 42.5 Å². The van der Waals surface area contributed by atoms with Crippen LogP contribution in [-0.2, 0) is 12.7 Å². The molecule has 1 heterocycles. The van der Waals surface area contributed by atoms with Crippen molar-refractivity contribution in [2.24, 2.45) is 0 Å². The Hall–Kier alpha value is -3.22. The average molecular weight is 354 g/mol. The van der Waals surface area contributed by atoms with Gasteiger partial charge in [0.1, 0.15) is 17.5 Å². The molecule has 0 aliphatic carbocycles.